The van der Waals surface area contributed by atoms with E-state index in [2.05, 4.69) is 9.97 Å². The molecule has 2 rings (SSSR count). The quantitative estimate of drug-likeness (QED) is 0.784. The lowest BCUT2D eigenvalue weighted by molar-refractivity contribution is 0.112. The Balaban J connectivity index is 2.48. The molecule has 2 aromatic rings. The Hall–Kier alpha value is -1.94. The maximum absolute atomic E-state index is 11.0. The Bertz CT molecular complexity index is 541. The van der Waals surface area contributed by atoms with E-state index in [-0.39, 0.29) is 6.01 Å². The van der Waals surface area contributed by atoms with E-state index in [0.717, 1.165) is 17.4 Å². The van der Waals surface area contributed by atoms with Crippen LogP contribution in [0.5, 0.6) is 6.01 Å². The zero-order valence-electron chi connectivity index (χ0n) is 9.05. The molecule has 0 aliphatic heterocycles. The summed E-state index contributed by atoms with van der Waals surface area (Å²) >= 11 is 5.82. The van der Waals surface area contributed by atoms with E-state index in [1.54, 1.807) is 30.6 Å². The van der Waals surface area contributed by atoms with E-state index in [9.17, 15) is 4.79 Å². The van der Waals surface area contributed by atoms with Crippen molar-refractivity contribution in [3.8, 4) is 17.1 Å². The Morgan fingerprint density at radius 1 is 1.29 bits per heavy atom. The number of hydrogen-bond acceptors (Lipinski definition) is 4. The van der Waals surface area contributed by atoms with Crippen LogP contribution >= 0.6 is 11.6 Å². The number of hydrogen-bond donors (Lipinski definition) is 0. The van der Waals surface area contributed by atoms with Crippen LogP contribution in [0.4, 0.5) is 0 Å². The molecular formula is C12H9ClN2O2. The summed E-state index contributed by atoms with van der Waals surface area (Å²) in [5.41, 5.74) is 1.99. The van der Waals surface area contributed by atoms with Gasteiger partial charge >= 0.3 is 6.01 Å². The standard InChI is InChI=1S/C12H9ClN2O2/c1-17-12-14-5-9(6-15-12)11-3-2-10(13)4-8(11)7-16/h2-7H,1H3. The Labute approximate surface area is 103 Å². The molecule has 0 unspecified atom stereocenters. The number of carbonyl (C=O) groups excluding carboxylic acids is 1. The average molecular weight is 249 g/mol. The molecule has 5 heteroatoms. The molecule has 17 heavy (non-hydrogen) atoms. The highest BCUT2D eigenvalue weighted by Gasteiger charge is 2.06. The number of methoxy groups -OCH3 is 1. The van der Waals surface area contributed by atoms with E-state index in [4.69, 9.17) is 16.3 Å². The van der Waals surface area contributed by atoms with Crippen molar-refractivity contribution in [2.75, 3.05) is 7.11 Å². The summed E-state index contributed by atoms with van der Waals surface area (Å²) in [6.45, 7) is 0. The fraction of sp³-hybridized carbons (Fsp3) is 0.0833. The number of halogens is 1. The molecule has 0 N–H and O–H groups in total. The summed E-state index contributed by atoms with van der Waals surface area (Å²) in [6.07, 6.45) is 3.95. The highest BCUT2D eigenvalue weighted by molar-refractivity contribution is 6.31. The first-order valence-corrected chi connectivity index (χ1v) is 5.23. The Kier molecular flexibility index (Phi) is 3.35. The second-order valence-corrected chi connectivity index (χ2v) is 3.74. The van der Waals surface area contributed by atoms with Gasteiger partial charge in [0.15, 0.2) is 6.29 Å². The molecule has 0 atom stereocenters. The molecule has 4 nitrogen and oxygen atoms in total. The number of nitrogens with zero attached hydrogens (tertiary/aromatic N) is 2. The van der Waals surface area contributed by atoms with Gasteiger partial charge in [-0.05, 0) is 17.7 Å². The van der Waals surface area contributed by atoms with Crippen molar-refractivity contribution >= 4 is 17.9 Å². The molecule has 1 aromatic carbocycles. The van der Waals surface area contributed by atoms with E-state index in [1.165, 1.54) is 7.11 Å². The molecule has 0 fully saturated rings. The van der Waals surface area contributed by atoms with Gasteiger partial charge in [-0.1, -0.05) is 17.7 Å². The smallest absolute Gasteiger partial charge is 0.316 e. The van der Waals surface area contributed by atoms with Crippen LogP contribution in [0.3, 0.4) is 0 Å². The Morgan fingerprint density at radius 3 is 2.59 bits per heavy atom. The van der Waals surface area contributed by atoms with Gasteiger partial charge < -0.3 is 4.74 Å². The molecule has 0 radical (unpaired) electrons. The van der Waals surface area contributed by atoms with Crippen LogP contribution in [0.2, 0.25) is 5.02 Å². The number of ether oxygens (including phenoxy) is 1. The number of benzene rings is 1. The Morgan fingerprint density at radius 2 is 2.00 bits per heavy atom. The normalized spacial score (nSPS) is 10.0. The number of carbonyl (C=O) groups is 1. The van der Waals surface area contributed by atoms with Gasteiger partial charge in [0.1, 0.15) is 0 Å². The largest absolute Gasteiger partial charge is 0.467 e. The molecule has 1 heterocycles. The van der Waals surface area contributed by atoms with Crippen LogP contribution in [0.1, 0.15) is 10.4 Å². The van der Waals surface area contributed by atoms with Gasteiger partial charge in [0.05, 0.1) is 7.11 Å². The lowest BCUT2D eigenvalue weighted by Crippen LogP contribution is -1.93. The number of aromatic nitrogens is 2. The van der Waals surface area contributed by atoms with Crippen molar-refractivity contribution in [1.82, 2.24) is 9.97 Å². The van der Waals surface area contributed by atoms with E-state index in [1.807, 2.05) is 0 Å². The van der Waals surface area contributed by atoms with Crippen LogP contribution in [0, 0.1) is 0 Å². The first-order valence-electron chi connectivity index (χ1n) is 4.85. The highest BCUT2D eigenvalue weighted by atomic mass is 35.5. The van der Waals surface area contributed by atoms with Crippen LogP contribution in [-0.4, -0.2) is 23.4 Å². The molecule has 0 amide bonds. The van der Waals surface area contributed by atoms with Crippen LogP contribution in [0.15, 0.2) is 30.6 Å². The molecule has 0 bridgehead atoms. The van der Waals surface area contributed by atoms with Crippen LogP contribution < -0.4 is 4.74 Å². The summed E-state index contributed by atoms with van der Waals surface area (Å²) in [7, 11) is 1.49. The van der Waals surface area contributed by atoms with Crippen molar-refractivity contribution in [2.24, 2.45) is 0 Å². The van der Waals surface area contributed by atoms with Crippen molar-refractivity contribution in [1.29, 1.82) is 0 Å². The minimum atomic E-state index is 0.287. The van der Waals surface area contributed by atoms with Crippen molar-refractivity contribution in [3.63, 3.8) is 0 Å². The lowest BCUT2D eigenvalue weighted by Gasteiger charge is -2.05. The fourth-order valence-electron chi connectivity index (χ4n) is 1.45. The topological polar surface area (TPSA) is 52.1 Å². The maximum atomic E-state index is 11.0. The first kappa shape index (κ1) is 11.5. The monoisotopic (exact) mass is 248 g/mol. The number of aldehydes is 1. The first-order chi connectivity index (χ1) is 8.24. The summed E-state index contributed by atoms with van der Waals surface area (Å²) in [6, 6.07) is 5.37. The van der Waals surface area contributed by atoms with E-state index < -0.39 is 0 Å². The van der Waals surface area contributed by atoms with Crippen molar-refractivity contribution in [2.45, 2.75) is 0 Å². The molecule has 0 saturated heterocycles. The zero-order chi connectivity index (χ0) is 12.3. The third kappa shape index (κ3) is 2.42. The summed E-state index contributed by atoms with van der Waals surface area (Å²) in [5.74, 6) is 0. The van der Waals surface area contributed by atoms with Gasteiger partial charge in [-0.2, -0.15) is 0 Å². The van der Waals surface area contributed by atoms with Gasteiger partial charge in [0.25, 0.3) is 0 Å². The highest BCUT2D eigenvalue weighted by Crippen LogP contribution is 2.24. The van der Waals surface area contributed by atoms with E-state index >= 15 is 0 Å². The maximum Gasteiger partial charge on any atom is 0.316 e. The fourth-order valence-corrected chi connectivity index (χ4v) is 1.64. The second-order valence-electron chi connectivity index (χ2n) is 3.31. The molecule has 0 aliphatic carbocycles. The van der Waals surface area contributed by atoms with Gasteiger partial charge in [-0.3, -0.25) is 4.79 Å². The molecule has 0 aliphatic rings. The van der Waals surface area contributed by atoms with Crippen LogP contribution in [0.25, 0.3) is 11.1 Å². The summed E-state index contributed by atoms with van der Waals surface area (Å²) in [5, 5.41) is 0.519. The molecule has 1 aromatic heterocycles. The zero-order valence-corrected chi connectivity index (χ0v) is 9.81. The van der Waals surface area contributed by atoms with Crippen molar-refractivity contribution in [3.05, 3.63) is 41.2 Å². The molecule has 0 spiro atoms. The van der Waals surface area contributed by atoms with Crippen LogP contribution in [-0.2, 0) is 0 Å². The predicted octanol–water partition coefficient (Wildman–Crippen LogP) is 2.62. The van der Waals surface area contributed by atoms with Crippen molar-refractivity contribution < 1.29 is 9.53 Å². The van der Waals surface area contributed by atoms with Gasteiger partial charge in [0, 0.05) is 28.5 Å². The minimum absolute atomic E-state index is 0.287. The molecule has 0 saturated carbocycles. The second kappa shape index (κ2) is 4.93. The lowest BCUT2D eigenvalue weighted by atomic mass is 10.0. The minimum Gasteiger partial charge on any atom is -0.467 e. The van der Waals surface area contributed by atoms with Gasteiger partial charge in [-0.15, -0.1) is 0 Å². The molecular weight excluding hydrogens is 240 g/mol. The number of rotatable bonds is 3. The molecule has 86 valence electrons. The van der Waals surface area contributed by atoms with E-state index in [0.29, 0.717) is 10.6 Å². The summed E-state index contributed by atoms with van der Waals surface area (Å²) in [4.78, 5) is 18.9. The third-order valence-corrected chi connectivity index (χ3v) is 2.50. The third-order valence-electron chi connectivity index (χ3n) is 2.26. The van der Waals surface area contributed by atoms with Gasteiger partial charge in [0.2, 0.25) is 0 Å². The predicted molar refractivity (Wildman–Crippen MR) is 64.4 cm³/mol. The average Bonchev–Trinajstić information content (AvgIpc) is 2.39. The van der Waals surface area contributed by atoms with Gasteiger partial charge in [-0.25, -0.2) is 9.97 Å². The SMILES string of the molecule is COc1ncc(-c2ccc(Cl)cc2C=O)cn1. The summed E-state index contributed by atoms with van der Waals surface area (Å²) < 4.78 is 4.87.